The number of rotatable bonds is 3. The molecule has 1 N–H and O–H groups in total. The van der Waals surface area contributed by atoms with Crippen LogP contribution in [-0.2, 0) is 5.54 Å². The number of hydrogen-bond donors (Lipinski definition) is 1. The predicted octanol–water partition coefficient (Wildman–Crippen LogP) is 4.58. The average Bonchev–Trinajstić information content (AvgIpc) is 3.41. The maximum Gasteiger partial charge on any atom is 0.132 e. The minimum absolute atomic E-state index is 0.213. The van der Waals surface area contributed by atoms with E-state index in [1.807, 2.05) is 0 Å². The highest BCUT2D eigenvalue weighted by Gasteiger charge is 2.42. The SMILES string of the molecule is Cc1ccc(-n2nccn2)c(N2CCC[C@@]2(C)c2nc3c(C)cc(C)cc3[nH]2)c1. The first-order chi connectivity index (χ1) is 14.0. The Kier molecular flexibility index (Phi) is 3.98. The van der Waals surface area contributed by atoms with Gasteiger partial charge in [0.25, 0.3) is 0 Å². The Morgan fingerprint density at radius 3 is 2.55 bits per heavy atom. The molecular formula is C23H26N6. The second-order valence-electron chi connectivity index (χ2n) is 8.40. The highest BCUT2D eigenvalue weighted by atomic mass is 15.5. The van der Waals surface area contributed by atoms with Crippen LogP contribution in [0.2, 0.25) is 0 Å². The Balaban J connectivity index is 1.66. The van der Waals surface area contributed by atoms with Gasteiger partial charge in [0.15, 0.2) is 0 Å². The summed E-state index contributed by atoms with van der Waals surface area (Å²) in [4.78, 5) is 12.9. The minimum Gasteiger partial charge on any atom is -0.357 e. The van der Waals surface area contributed by atoms with Crippen LogP contribution in [0, 0.1) is 20.8 Å². The van der Waals surface area contributed by atoms with E-state index in [9.17, 15) is 0 Å². The quantitative estimate of drug-likeness (QED) is 0.560. The number of fused-ring (bicyclic) bond motifs is 1. The van der Waals surface area contributed by atoms with Gasteiger partial charge >= 0.3 is 0 Å². The molecule has 0 aliphatic carbocycles. The molecule has 0 bridgehead atoms. The number of nitrogens with one attached hydrogen (secondary N) is 1. The van der Waals surface area contributed by atoms with Gasteiger partial charge in [-0.15, -0.1) is 4.80 Å². The van der Waals surface area contributed by atoms with Crippen molar-refractivity contribution in [3.05, 3.63) is 65.2 Å². The molecule has 6 heteroatoms. The molecule has 148 valence electrons. The van der Waals surface area contributed by atoms with Crippen molar-refractivity contribution in [2.45, 2.75) is 46.1 Å². The molecule has 3 heterocycles. The molecule has 1 aliphatic heterocycles. The smallest absolute Gasteiger partial charge is 0.132 e. The largest absolute Gasteiger partial charge is 0.357 e. The third-order valence-corrected chi connectivity index (χ3v) is 6.13. The van der Waals surface area contributed by atoms with E-state index in [1.54, 1.807) is 17.2 Å². The van der Waals surface area contributed by atoms with Crippen LogP contribution in [0.15, 0.2) is 42.7 Å². The lowest BCUT2D eigenvalue weighted by Crippen LogP contribution is -2.40. The molecule has 5 rings (SSSR count). The molecule has 6 nitrogen and oxygen atoms in total. The number of nitrogens with zero attached hydrogens (tertiary/aromatic N) is 5. The zero-order valence-electron chi connectivity index (χ0n) is 17.4. The Morgan fingerprint density at radius 1 is 0.966 bits per heavy atom. The number of benzene rings is 2. The lowest BCUT2D eigenvalue weighted by Gasteiger charge is -2.36. The number of aromatic amines is 1. The Morgan fingerprint density at radius 2 is 1.76 bits per heavy atom. The summed E-state index contributed by atoms with van der Waals surface area (Å²) in [6, 6.07) is 10.8. The summed E-state index contributed by atoms with van der Waals surface area (Å²) < 4.78 is 0. The molecule has 1 atom stereocenters. The Labute approximate surface area is 170 Å². The molecule has 4 aromatic rings. The van der Waals surface area contributed by atoms with E-state index in [4.69, 9.17) is 4.98 Å². The molecule has 0 saturated carbocycles. The van der Waals surface area contributed by atoms with E-state index in [-0.39, 0.29) is 5.54 Å². The van der Waals surface area contributed by atoms with Gasteiger partial charge in [-0.1, -0.05) is 12.1 Å². The number of H-pyrrole nitrogens is 1. The number of aryl methyl sites for hydroxylation is 3. The Bertz CT molecular complexity index is 1190. The molecule has 2 aromatic heterocycles. The first-order valence-corrected chi connectivity index (χ1v) is 10.2. The third kappa shape index (κ3) is 2.82. The summed E-state index contributed by atoms with van der Waals surface area (Å²) in [7, 11) is 0. The van der Waals surface area contributed by atoms with Gasteiger partial charge in [0.1, 0.15) is 11.5 Å². The van der Waals surface area contributed by atoms with Crippen LogP contribution >= 0.6 is 0 Å². The van der Waals surface area contributed by atoms with Gasteiger partial charge in [-0.2, -0.15) is 10.2 Å². The fourth-order valence-electron chi connectivity index (χ4n) is 4.68. The van der Waals surface area contributed by atoms with Crippen molar-refractivity contribution < 1.29 is 0 Å². The summed E-state index contributed by atoms with van der Waals surface area (Å²) in [5.41, 5.74) is 7.81. The molecule has 0 radical (unpaired) electrons. The summed E-state index contributed by atoms with van der Waals surface area (Å²) in [6.07, 6.45) is 5.60. The van der Waals surface area contributed by atoms with E-state index in [0.717, 1.165) is 47.6 Å². The summed E-state index contributed by atoms with van der Waals surface area (Å²) in [5.74, 6) is 1.03. The van der Waals surface area contributed by atoms with Crippen molar-refractivity contribution in [2.75, 3.05) is 11.4 Å². The maximum atomic E-state index is 5.06. The van der Waals surface area contributed by atoms with E-state index >= 15 is 0 Å². The second kappa shape index (κ2) is 6.44. The number of aromatic nitrogens is 5. The van der Waals surface area contributed by atoms with Crippen molar-refractivity contribution in [2.24, 2.45) is 0 Å². The highest BCUT2D eigenvalue weighted by Crippen LogP contribution is 2.43. The lowest BCUT2D eigenvalue weighted by molar-refractivity contribution is 0.466. The number of anilines is 1. The molecule has 1 fully saturated rings. The number of hydrogen-bond acceptors (Lipinski definition) is 4. The van der Waals surface area contributed by atoms with E-state index in [0.29, 0.717) is 0 Å². The lowest BCUT2D eigenvalue weighted by atomic mass is 9.97. The zero-order chi connectivity index (χ0) is 20.2. The van der Waals surface area contributed by atoms with Crippen molar-refractivity contribution in [1.29, 1.82) is 0 Å². The van der Waals surface area contributed by atoms with Crippen LogP contribution in [-0.4, -0.2) is 31.5 Å². The Hall–Kier alpha value is -3.15. The predicted molar refractivity (Wildman–Crippen MR) is 116 cm³/mol. The highest BCUT2D eigenvalue weighted by molar-refractivity contribution is 5.80. The molecule has 1 saturated heterocycles. The fraction of sp³-hybridized carbons (Fsp3) is 0.348. The summed E-state index contributed by atoms with van der Waals surface area (Å²) >= 11 is 0. The monoisotopic (exact) mass is 386 g/mol. The van der Waals surface area contributed by atoms with Crippen LogP contribution in [0.4, 0.5) is 5.69 Å². The van der Waals surface area contributed by atoms with Gasteiger partial charge in [0, 0.05) is 6.54 Å². The molecule has 0 spiro atoms. The average molecular weight is 387 g/mol. The van der Waals surface area contributed by atoms with E-state index in [1.165, 1.54) is 16.7 Å². The maximum absolute atomic E-state index is 5.06. The molecule has 1 aliphatic rings. The fourth-order valence-corrected chi connectivity index (χ4v) is 4.68. The van der Waals surface area contributed by atoms with Gasteiger partial charge < -0.3 is 9.88 Å². The molecular weight excluding hydrogens is 360 g/mol. The summed E-state index contributed by atoms with van der Waals surface area (Å²) in [5, 5.41) is 8.76. The number of imidazole rings is 1. The van der Waals surface area contributed by atoms with Gasteiger partial charge in [0.2, 0.25) is 0 Å². The van der Waals surface area contributed by atoms with E-state index < -0.39 is 0 Å². The van der Waals surface area contributed by atoms with Crippen LogP contribution in [0.5, 0.6) is 0 Å². The first kappa shape index (κ1) is 17.9. The van der Waals surface area contributed by atoms with Crippen molar-refractivity contribution in [3.63, 3.8) is 0 Å². The van der Waals surface area contributed by atoms with Crippen LogP contribution in [0.25, 0.3) is 16.7 Å². The second-order valence-corrected chi connectivity index (χ2v) is 8.40. The van der Waals surface area contributed by atoms with Crippen LogP contribution in [0.1, 0.15) is 42.3 Å². The third-order valence-electron chi connectivity index (χ3n) is 6.13. The van der Waals surface area contributed by atoms with Crippen LogP contribution < -0.4 is 4.90 Å². The van der Waals surface area contributed by atoms with Gasteiger partial charge in [0.05, 0.1) is 34.7 Å². The van der Waals surface area contributed by atoms with Crippen molar-refractivity contribution in [1.82, 2.24) is 25.0 Å². The topological polar surface area (TPSA) is 62.6 Å². The standard InChI is InChI=1S/C23H26N6/c1-15-6-7-19(29-24-9-10-25-29)20(14-15)28-11-5-8-23(28,4)22-26-18-13-16(2)12-17(3)21(18)27-22/h6-7,9-10,12-14H,5,8,11H2,1-4H3,(H,26,27)/t23-/m0/s1. The van der Waals surface area contributed by atoms with Gasteiger partial charge in [-0.3, -0.25) is 0 Å². The van der Waals surface area contributed by atoms with Crippen LogP contribution in [0.3, 0.4) is 0 Å². The zero-order valence-corrected chi connectivity index (χ0v) is 17.4. The summed E-state index contributed by atoms with van der Waals surface area (Å²) in [6.45, 7) is 9.67. The normalized spacial score (nSPS) is 19.4. The molecule has 0 unspecified atom stereocenters. The molecule has 2 aromatic carbocycles. The molecule has 29 heavy (non-hydrogen) atoms. The van der Waals surface area contributed by atoms with Gasteiger partial charge in [-0.05, 0) is 75.4 Å². The van der Waals surface area contributed by atoms with Crippen molar-refractivity contribution >= 4 is 16.7 Å². The molecule has 0 amide bonds. The van der Waals surface area contributed by atoms with Crippen molar-refractivity contribution in [3.8, 4) is 5.69 Å². The van der Waals surface area contributed by atoms with E-state index in [2.05, 4.69) is 78.1 Å². The minimum atomic E-state index is -0.213. The first-order valence-electron chi connectivity index (χ1n) is 10.2. The van der Waals surface area contributed by atoms with Gasteiger partial charge in [-0.25, -0.2) is 4.98 Å².